The van der Waals surface area contributed by atoms with Crippen LogP contribution in [0.1, 0.15) is 24.6 Å². The van der Waals surface area contributed by atoms with Gasteiger partial charge in [0.15, 0.2) is 11.5 Å². The van der Waals surface area contributed by atoms with Crippen LogP contribution in [0.25, 0.3) is 22.2 Å². The van der Waals surface area contributed by atoms with Crippen molar-refractivity contribution < 1.29 is 4.39 Å². The number of aryl methyl sites for hydroxylation is 1. The van der Waals surface area contributed by atoms with E-state index in [1.54, 1.807) is 32.2 Å². The molecule has 0 aliphatic carbocycles. The number of rotatable bonds is 4. The van der Waals surface area contributed by atoms with Crippen molar-refractivity contribution in [3.05, 3.63) is 86.1 Å². The number of nitrogens with zero attached hydrogens (tertiary/aromatic N) is 6. The van der Waals surface area contributed by atoms with Gasteiger partial charge in [0, 0.05) is 6.20 Å². The standard InChI is InChI=1S/C21H16ClFN8O2/c1-10(26-18-15-17(27-11(2)28-18)24-9-25-20(15)32)19-29-30-7-6-14(22)16(30)21(33)31(19)13-5-3-4-12(23)8-13/h3-10H,1-2H3,(H2,24,25,26,27,28,32)/t10-/m0/s1. The van der Waals surface area contributed by atoms with Crippen molar-refractivity contribution in [2.75, 3.05) is 5.32 Å². The molecule has 1 aromatic carbocycles. The maximum atomic E-state index is 14.0. The fraction of sp³-hybridized carbons (Fsp3) is 0.143. The SMILES string of the molecule is Cc1nc(N[C@@H](C)c2nn3ccc(Cl)c3c(=O)n2-c2cccc(F)c2)c2c(=O)[nH]cnc2n1. The molecule has 0 aliphatic heterocycles. The predicted octanol–water partition coefficient (Wildman–Crippen LogP) is 2.79. The molecule has 0 radical (unpaired) electrons. The van der Waals surface area contributed by atoms with Gasteiger partial charge in [-0.05, 0) is 38.1 Å². The Bertz CT molecular complexity index is 1660. The van der Waals surface area contributed by atoms with Crippen molar-refractivity contribution in [1.82, 2.24) is 34.1 Å². The van der Waals surface area contributed by atoms with E-state index in [1.165, 1.54) is 33.6 Å². The van der Waals surface area contributed by atoms with E-state index in [0.29, 0.717) is 5.82 Å². The van der Waals surface area contributed by atoms with E-state index in [0.717, 1.165) is 0 Å². The lowest BCUT2D eigenvalue weighted by Gasteiger charge is -2.20. The van der Waals surface area contributed by atoms with Gasteiger partial charge in [0.05, 0.1) is 23.1 Å². The molecule has 0 aliphatic rings. The van der Waals surface area contributed by atoms with Gasteiger partial charge in [-0.3, -0.25) is 14.2 Å². The van der Waals surface area contributed by atoms with Gasteiger partial charge in [-0.1, -0.05) is 17.7 Å². The van der Waals surface area contributed by atoms with Gasteiger partial charge in [0.2, 0.25) is 0 Å². The second kappa shape index (κ2) is 7.78. The van der Waals surface area contributed by atoms with E-state index >= 15 is 0 Å². The monoisotopic (exact) mass is 466 g/mol. The summed E-state index contributed by atoms with van der Waals surface area (Å²) in [4.78, 5) is 41.0. The lowest BCUT2D eigenvalue weighted by atomic mass is 10.2. The normalized spacial score (nSPS) is 12.4. The van der Waals surface area contributed by atoms with Gasteiger partial charge in [-0.25, -0.2) is 23.9 Å². The first kappa shape index (κ1) is 20.8. The lowest BCUT2D eigenvalue weighted by Crippen LogP contribution is -2.29. The Morgan fingerprint density at radius 2 is 2.03 bits per heavy atom. The van der Waals surface area contributed by atoms with Gasteiger partial charge >= 0.3 is 0 Å². The minimum atomic E-state index is -0.649. The Morgan fingerprint density at radius 1 is 1.21 bits per heavy atom. The number of halogens is 2. The molecule has 5 aromatic rings. The molecule has 4 heterocycles. The van der Waals surface area contributed by atoms with E-state index in [-0.39, 0.29) is 38.9 Å². The van der Waals surface area contributed by atoms with Crippen LogP contribution in [-0.4, -0.2) is 34.1 Å². The molecule has 0 spiro atoms. The van der Waals surface area contributed by atoms with Crippen molar-refractivity contribution in [1.29, 1.82) is 0 Å². The van der Waals surface area contributed by atoms with Crippen molar-refractivity contribution in [2.24, 2.45) is 0 Å². The van der Waals surface area contributed by atoms with Crippen molar-refractivity contribution in [3.63, 3.8) is 0 Å². The molecule has 1 atom stereocenters. The highest BCUT2D eigenvalue weighted by Gasteiger charge is 2.22. The van der Waals surface area contributed by atoms with Gasteiger partial charge in [0.1, 0.15) is 28.4 Å². The second-order valence-electron chi connectivity index (χ2n) is 7.35. The maximum absolute atomic E-state index is 14.0. The molecule has 0 saturated carbocycles. The minimum Gasteiger partial charge on any atom is -0.359 e. The predicted molar refractivity (Wildman–Crippen MR) is 120 cm³/mol. The van der Waals surface area contributed by atoms with Crippen LogP contribution in [0.3, 0.4) is 0 Å². The fourth-order valence-electron chi connectivity index (χ4n) is 3.65. The second-order valence-corrected chi connectivity index (χ2v) is 7.76. The summed E-state index contributed by atoms with van der Waals surface area (Å²) in [6.45, 7) is 3.41. The molecule has 0 saturated heterocycles. The van der Waals surface area contributed by atoms with Crippen molar-refractivity contribution in [3.8, 4) is 5.69 Å². The Morgan fingerprint density at radius 3 is 2.82 bits per heavy atom. The third-order valence-corrected chi connectivity index (χ3v) is 5.39. The Hall–Kier alpha value is -4.12. The number of anilines is 1. The molecule has 0 unspecified atom stereocenters. The fourth-order valence-corrected chi connectivity index (χ4v) is 3.87. The largest absolute Gasteiger partial charge is 0.359 e. The summed E-state index contributed by atoms with van der Waals surface area (Å²) >= 11 is 6.20. The smallest absolute Gasteiger partial charge is 0.284 e. The van der Waals surface area contributed by atoms with Crippen LogP contribution in [-0.2, 0) is 0 Å². The molecule has 0 fully saturated rings. The van der Waals surface area contributed by atoms with Crippen LogP contribution in [0, 0.1) is 12.7 Å². The number of aromatic amines is 1. The first-order valence-electron chi connectivity index (χ1n) is 9.88. The first-order chi connectivity index (χ1) is 15.8. The Balaban J connectivity index is 1.72. The first-order valence-corrected chi connectivity index (χ1v) is 10.3. The summed E-state index contributed by atoms with van der Waals surface area (Å²) in [5.41, 5.74) is -0.237. The number of fused-ring (bicyclic) bond motifs is 2. The molecule has 0 bridgehead atoms. The molecule has 33 heavy (non-hydrogen) atoms. The van der Waals surface area contributed by atoms with Crippen molar-refractivity contribution >= 4 is 34.0 Å². The van der Waals surface area contributed by atoms with Crippen LogP contribution < -0.4 is 16.4 Å². The summed E-state index contributed by atoms with van der Waals surface area (Å²) in [5.74, 6) is 0.362. The summed E-state index contributed by atoms with van der Waals surface area (Å²) in [7, 11) is 0. The summed E-state index contributed by atoms with van der Waals surface area (Å²) < 4.78 is 16.7. The van der Waals surface area contributed by atoms with Crippen LogP contribution in [0.2, 0.25) is 5.02 Å². The van der Waals surface area contributed by atoms with Gasteiger partial charge in [-0.15, -0.1) is 0 Å². The minimum absolute atomic E-state index is 0.154. The summed E-state index contributed by atoms with van der Waals surface area (Å²) in [6.07, 6.45) is 2.82. The third-order valence-electron chi connectivity index (χ3n) is 5.08. The lowest BCUT2D eigenvalue weighted by molar-refractivity contribution is 0.622. The van der Waals surface area contributed by atoms with E-state index in [4.69, 9.17) is 11.6 Å². The van der Waals surface area contributed by atoms with E-state index in [9.17, 15) is 14.0 Å². The summed E-state index contributed by atoms with van der Waals surface area (Å²) in [6, 6.07) is 6.50. The highest BCUT2D eigenvalue weighted by molar-refractivity contribution is 6.33. The van der Waals surface area contributed by atoms with E-state index in [1.807, 2.05) is 0 Å². The molecule has 5 rings (SSSR count). The van der Waals surface area contributed by atoms with Crippen LogP contribution in [0.15, 0.2) is 52.4 Å². The van der Waals surface area contributed by atoms with Crippen LogP contribution >= 0.6 is 11.6 Å². The van der Waals surface area contributed by atoms with E-state index in [2.05, 4.69) is 30.4 Å². The molecule has 0 amide bonds. The van der Waals surface area contributed by atoms with Crippen LogP contribution in [0.4, 0.5) is 10.2 Å². The molecular weight excluding hydrogens is 451 g/mol. The summed E-state index contributed by atoms with van der Waals surface area (Å²) in [5, 5.41) is 8.07. The molecule has 4 aromatic heterocycles. The zero-order valence-electron chi connectivity index (χ0n) is 17.4. The Labute approximate surface area is 189 Å². The van der Waals surface area contributed by atoms with Crippen molar-refractivity contribution in [2.45, 2.75) is 19.9 Å². The highest BCUT2D eigenvalue weighted by atomic mass is 35.5. The average Bonchev–Trinajstić information content (AvgIpc) is 3.14. The molecule has 10 nitrogen and oxygen atoms in total. The average molecular weight is 467 g/mol. The number of hydrogen-bond acceptors (Lipinski definition) is 7. The number of aromatic nitrogens is 7. The molecule has 2 N–H and O–H groups in total. The van der Waals surface area contributed by atoms with Crippen LogP contribution in [0.5, 0.6) is 0 Å². The van der Waals surface area contributed by atoms with E-state index < -0.39 is 23.0 Å². The van der Waals surface area contributed by atoms with Gasteiger partial charge in [-0.2, -0.15) is 5.10 Å². The van der Waals surface area contributed by atoms with Gasteiger partial charge in [0.25, 0.3) is 11.1 Å². The number of H-pyrrole nitrogens is 1. The number of nitrogens with one attached hydrogen (secondary N) is 2. The maximum Gasteiger partial charge on any atom is 0.284 e. The third kappa shape index (κ3) is 3.52. The van der Waals surface area contributed by atoms with Gasteiger partial charge < -0.3 is 10.3 Å². The molecule has 166 valence electrons. The topological polar surface area (TPSA) is 123 Å². The molecule has 12 heteroatoms. The Kier molecular flexibility index (Phi) is 4.90. The number of benzene rings is 1. The quantitative estimate of drug-likeness (QED) is 0.417. The number of hydrogen-bond donors (Lipinski definition) is 2. The molecular formula is C21H16ClFN8O2. The highest BCUT2D eigenvalue weighted by Crippen LogP contribution is 2.24. The zero-order chi connectivity index (χ0) is 23.3. The zero-order valence-corrected chi connectivity index (χ0v) is 18.1.